The molecule has 2 nitrogen and oxygen atoms in total. The second-order valence-corrected chi connectivity index (χ2v) is 5.12. The Kier molecular flexibility index (Phi) is 4.35. The highest BCUT2D eigenvalue weighted by atomic mass is 79.9. The lowest BCUT2D eigenvalue weighted by atomic mass is 9.99. The minimum atomic E-state index is -0.318. The maximum Gasteiger partial charge on any atom is 0.137 e. The molecule has 3 N–H and O–H groups in total. The van der Waals surface area contributed by atoms with Crippen molar-refractivity contribution in [2.24, 2.45) is 5.84 Å². The van der Waals surface area contributed by atoms with Gasteiger partial charge in [0.05, 0.1) is 10.5 Å². The number of rotatable bonds is 3. The molecule has 0 fully saturated rings. The Labute approximate surface area is 118 Å². The van der Waals surface area contributed by atoms with Gasteiger partial charge in [0.2, 0.25) is 0 Å². The van der Waals surface area contributed by atoms with E-state index >= 15 is 0 Å². The molecule has 1 unspecified atom stereocenters. The first-order chi connectivity index (χ1) is 8.61. The topological polar surface area (TPSA) is 38.0 Å². The van der Waals surface area contributed by atoms with Crippen LogP contribution in [0.4, 0.5) is 4.39 Å². The summed E-state index contributed by atoms with van der Waals surface area (Å²) in [7, 11) is 0. The molecule has 2 aromatic rings. The fourth-order valence-corrected chi connectivity index (χ4v) is 2.10. The van der Waals surface area contributed by atoms with E-state index < -0.39 is 0 Å². The van der Waals surface area contributed by atoms with Gasteiger partial charge in [0.1, 0.15) is 5.82 Å². The average Bonchev–Trinajstić information content (AvgIpc) is 2.37. The zero-order chi connectivity index (χ0) is 13.1. The van der Waals surface area contributed by atoms with Crippen molar-refractivity contribution in [1.29, 1.82) is 0 Å². The number of benzene rings is 2. The van der Waals surface area contributed by atoms with Crippen LogP contribution in [0.5, 0.6) is 0 Å². The molecule has 5 heteroatoms. The number of hydrogen-bond donors (Lipinski definition) is 2. The first kappa shape index (κ1) is 13.5. The summed E-state index contributed by atoms with van der Waals surface area (Å²) in [6.07, 6.45) is 0. The summed E-state index contributed by atoms with van der Waals surface area (Å²) in [6, 6.07) is 11.9. The molecule has 0 heterocycles. The van der Waals surface area contributed by atoms with Gasteiger partial charge in [-0.3, -0.25) is 5.84 Å². The molecule has 0 aliphatic rings. The van der Waals surface area contributed by atoms with Crippen molar-refractivity contribution in [3.05, 3.63) is 68.9 Å². The summed E-state index contributed by atoms with van der Waals surface area (Å²) in [5.41, 5.74) is 4.35. The second-order valence-electron chi connectivity index (χ2n) is 3.82. The van der Waals surface area contributed by atoms with Crippen molar-refractivity contribution in [3.63, 3.8) is 0 Å². The van der Waals surface area contributed by atoms with Crippen LogP contribution in [-0.4, -0.2) is 0 Å². The van der Waals surface area contributed by atoms with Gasteiger partial charge in [-0.25, -0.2) is 9.82 Å². The summed E-state index contributed by atoms with van der Waals surface area (Å²) < 4.78 is 13.9. The lowest BCUT2D eigenvalue weighted by molar-refractivity contribution is 0.600. The van der Waals surface area contributed by atoms with Gasteiger partial charge in [-0.15, -0.1) is 0 Å². The van der Waals surface area contributed by atoms with Gasteiger partial charge in [-0.2, -0.15) is 0 Å². The van der Waals surface area contributed by atoms with Crippen LogP contribution in [0.1, 0.15) is 17.2 Å². The van der Waals surface area contributed by atoms with E-state index in [2.05, 4.69) is 21.4 Å². The monoisotopic (exact) mass is 328 g/mol. The van der Waals surface area contributed by atoms with E-state index in [-0.39, 0.29) is 11.9 Å². The Morgan fingerprint density at radius 2 is 1.72 bits per heavy atom. The molecule has 18 heavy (non-hydrogen) atoms. The van der Waals surface area contributed by atoms with Gasteiger partial charge in [-0.05, 0) is 51.3 Å². The first-order valence-electron chi connectivity index (χ1n) is 5.28. The van der Waals surface area contributed by atoms with Gasteiger partial charge in [-0.1, -0.05) is 29.8 Å². The standard InChI is InChI=1S/C13H11BrClFN2/c14-11-6-3-9(7-12(11)16)13(18-17)8-1-4-10(15)5-2-8/h1-7,13,18H,17H2. The van der Waals surface area contributed by atoms with Crippen LogP contribution in [0.3, 0.4) is 0 Å². The van der Waals surface area contributed by atoms with Crippen molar-refractivity contribution >= 4 is 27.5 Å². The largest absolute Gasteiger partial charge is 0.271 e. The van der Waals surface area contributed by atoms with Gasteiger partial charge in [0.25, 0.3) is 0 Å². The molecule has 0 saturated heterocycles. The molecule has 0 aliphatic carbocycles. The Morgan fingerprint density at radius 3 is 2.28 bits per heavy atom. The molecular weight excluding hydrogens is 319 g/mol. The fourth-order valence-electron chi connectivity index (χ4n) is 1.73. The van der Waals surface area contributed by atoms with E-state index in [4.69, 9.17) is 17.4 Å². The van der Waals surface area contributed by atoms with Crippen LogP contribution in [0.2, 0.25) is 5.02 Å². The highest BCUT2D eigenvalue weighted by Gasteiger charge is 2.13. The normalized spacial score (nSPS) is 12.4. The molecule has 0 bridgehead atoms. The maximum absolute atomic E-state index is 13.5. The molecule has 0 aliphatic heterocycles. The molecule has 0 aromatic heterocycles. The first-order valence-corrected chi connectivity index (χ1v) is 6.45. The third-order valence-electron chi connectivity index (χ3n) is 2.65. The van der Waals surface area contributed by atoms with Crippen molar-refractivity contribution < 1.29 is 4.39 Å². The highest BCUT2D eigenvalue weighted by molar-refractivity contribution is 9.10. The van der Waals surface area contributed by atoms with Gasteiger partial charge >= 0.3 is 0 Å². The molecule has 0 radical (unpaired) electrons. The number of halogens is 3. The molecule has 0 saturated carbocycles. The van der Waals surface area contributed by atoms with Crippen LogP contribution >= 0.6 is 27.5 Å². The average molecular weight is 330 g/mol. The fraction of sp³-hybridized carbons (Fsp3) is 0.0769. The van der Waals surface area contributed by atoms with Crippen molar-refractivity contribution in [3.8, 4) is 0 Å². The predicted octanol–water partition coefficient (Wildman–Crippen LogP) is 3.79. The summed E-state index contributed by atoms with van der Waals surface area (Å²) in [5, 5.41) is 0.650. The highest BCUT2D eigenvalue weighted by Crippen LogP contribution is 2.25. The van der Waals surface area contributed by atoms with Crippen LogP contribution < -0.4 is 11.3 Å². The number of nitrogens with two attached hydrogens (primary N) is 1. The van der Waals surface area contributed by atoms with E-state index in [1.807, 2.05) is 18.2 Å². The van der Waals surface area contributed by atoms with Crippen LogP contribution in [0, 0.1) is 5.82 Å². The van der Waals surface area contributed by atoms with E-state index in [0.717, 1.165) is 11.1 Å². The molecule has 2 rings (SSSR count). The number of hydrogen-bond acceptors (Lipinski definition) is 2. The lowest BCUT2D eigenvalue weighted by Gasteiger charge is -2.17. The Bertz CT molecular complexity index is 545. The molecular formula is C13H11BrClFN2. The van der Waals surface area contributed by atoms with Crippen molar-refractivity contribution in [2.45, 2.75) is 6.04 Å². The minimum absolute atomic E-state index is 0.273. The minimum Gasteiger partial charge on any atom is -0.271 e. The second kappa shape index (κ2) is 5.80. The summed E-state index contributed by atoms with van der Waals surface area (Å²) in [5.74, 6) is 5.23. The van der Waals surface area contributed by atoms with Crippen molar-refractivity contribution in [2.75, 3.05) is 0 Å². The van der Waals surface area contributed by atoms with Crippen LogP contribution in [0.15, 0.2) is 46.9 Å². The zero-order valence-electron chi connectivity index (χ0n) is 9.33. The summed E-state index contributed by atoms with van der Waals surface area (Å²) in [4.78, 5) is 0. The third-order valence-corrected chi connectivity index (χ3v) is 3.54. The van der Waals surface area contributed by atoms with Crippen LogP contribution in [-0.2, 0) is 0 Å². The SMILES string of the molecule is NNC(c1ccc(Cl)cc1)c1ccc(Br)c(F)c1. The molecule has 1 atom stereocenters. The maximum atomic E-state index is 13.5. The van der Waals surface area contributed by atoms with Crippen LogP contribution in [0.25, 0.3) is 0 Å². The Hall–Kier alpha value is -0.940. The third kappa shape index (κ3) is 2.90. The van der Waals surface area contributed by atoms with Crippen molar-refractivity contribution in [1.82, 2.24) is 5.43 Å². The van der Waals surface area contributed by atoms with E-state index in [1.165, 1.54) is 6.07 Å². The van der Waals surface area contributed by atoms with E-state index in [9.17, 15) is 4.39 Å². The summed E-state index contributed by atoms with van der Waals surface area (Å²) in [6.45, 7) is 0. The molecule has 0 spiro atoms. The predicted molar refractivity (Wildman–Crippen MR) is 74.7 cm³/mol. The van der Waals surface area contributed by atoms with Gasteiger partial charge in [0, 0.05) is 5.02 Å². The van der Waals surface area contributed by atoms with Gasteiger partial charge < -0.3 is 0 Å². The zero-order valence-corrected chi connectivity index (χ0v) is 11.7. The smallest absolute Gasteiger partial charge is 0.137 e. The quantitative estimate of drug-likeness (QED) is 0.664. The summed E-state index contributed by atoms with van der Waals surface area (Å²) >= 11 is 8.96. The lowest BCUT2D eigenvalue weighted by Crippen LogP contribution is -2.28. The molecule has 0 amide bonds. The van der Waals surface area contributed by atoms with E-state index in [0.29, 0.717) is 9.50 Å². The Balaban J connectivity index is 2.38. The number of hydrazine groups is 1. The van der Waals surface area contributed by atoms with E-state index in [1.54, 1.807) is 18.2 Å². The Morgan fingerprint density at radius 1 is 1.11 bits per heavy atom. The number of nitrogens with one attached hydrogen (secondary N) is 1. The van der Waals surface area contributed by atoms with Gasteiger partial charge in [0.15, 0.2) is 0 Å². The molecule has 2 aromatic carbocycles. The molecule has 94 valence electrons.